The van der Waals surface area contributed by atoms with Crippen molar-refractivity contribution in [1.82, 2.24) is 15.0 Å². The van der Waals surface area contributed by atoms with Gasteiger partial charge in [0.05, 0.1) is 0 Å². The molecular formula is C7H7F3N4O. The number of hydrogen-bond donors (Lipinski definition) is 1. The van der Waals surface area contributed by atoms with E-state index in [-0.39, 0.29) is 19.6 Å². The number of aryl methyl sites for hydroxylation is 1. The Morgan fingerprint density at radius 3 is 2.60 bits per heavy atom. The third kappa shape index (κ3) is 2.44. The van der Waals surface area contributed by atoms with Gasteiger partial charge in [-0.25, -0.2) is 4.68 Å². The normalized spacial score (nSPS) is 11.4. The van der Waals surface area contributed by atoms with E-state index in [0.717, 1.165) is 0 Å². The lowest BCUT2D eigenvalue weighted by Gasteiger charge is -2.08. The minimum absolute atomic E-state index is 0.122. The predicted molar refractivity (Wildman–Crippen MR) is 41.4 cm³/mol. The van der Waals surface area contributed by atoms with Crippen LogP contribution in [0, 0.1) is 11.3 Å². The standard InChI is InChI=1S/C7H7F3N4O/c8-7(9,10)6-5(4-11)12-13-14(6)2-1-3-15/h15H,1-3H2. The van der Waals surface area contributed by atoms with Crippen LogP contribution < -0.4 is 0 Å². The minimum Gasteiger partial charge on any atom is -0.396 e. The SMILES string of the molecule is N#Cc1nnn(CCCO)c1C(F)(F)F. The van der Waals surface area contributed by atoms with Crippen LogP contribution in [-0.4, -0.2) is 26.7 Å². The zero-order valence-corrected chi connectivity index (χ0v) is 7.49. The quantitative estimate of drug-likeness (QED) is 0.807. The van der Waals surface area contributed by atoms with Crippen molar-refractivity contribution in [2.75, 3.05) is 6.61 Å². The highest BCUT2D eigenvalue weighted by Crippen LogP contribution is 2.30. The molecule has 0 spiro atoms. The van der Waals surface area contributed by atoms with Crippen molar-refractivity contribution in [2.24, 2.45) is 0 Å². The Hall–Kier alpha value is -1.62. The van der Waals surface area contributed by atoms with Crippen molar-refractivity contribution in [1.29, 1.82) is 5.26 Å². The second-order valence-electron chi connectivity index (χ2n) is 2.70. The van der Waals surface area contributed by atoms with Gasteiger partial charge in [0.1, 0.15) is 6.07 Å². The first-order valence-corrected chi connectivity index (χ1v) is 4.02. The molecule has 0 radical (unpaired) electrons. The van der Waals surface area contributed by atoms with Crippen molar-refractivity contribution in [3.63, 3.8) is 0 Å². The fourth-order valence-electron chi connectivity index (χ4n) is 1.05. The first kappa shape index (κ1) is 11.5. The number of rotatable bonds is 3. The number of aliphatic hydroxyl groups excluding tert-OH is 1. The summed E-state index contributed by atoms with van der Waals surface area (Å²) >= 11 is 0. The van der Waals surface area contributed by atoms with E-state index in [1.807, 2.05) is 0 Å². The third-order valence-corrected chi connectivity index (χ3v) is 1.64. The summed E-state index contributed by atoms with van der Waals surface area (Å²) < 4.78 is 37.9. The highest BCUT2D eigenvalue weighted by molar-refractivity contribution is 5.26. The Bertz CT molecular complexity index is 379. The van der Waals surface area contributed by atoms with Gasteiger partial charge in [-0.05, 0) is 6.42 Å². The van der Waals surface area contributed by atoms with Crippen LogP contribution in [0.25, 0.3) is 0 Å². The maximum Gasteiger partial charge on any atom is 0.436 e. The molecule has 0 amide bonds. The van der Waals surface area contributed by atoms with E-state index < -0.39 is 17.6 Å². The summed E-state index contributed by atoms with van der Waals surface area (Å²) in [6.07, 6.45) is -4.54. The van der Waals surface area contributed by atoms with E-state index in [9.17, 15) is 13.2 Å². The van der Waals surface area contributed by atoms with Gasteiger partial charge in [-0.15, -0.1) is 5.10 Å². The van der Waals surface area contributed by atoms with Crippen LogP contribution in [0.2, 0.25) is 0 Å². The largest absolute Gasteiger partial charge is 0.436 e. The van der Waals surface area contributed by atoms with E-state index in [2.05, 4.69) is 10.3 Å². The van der Waals surface area contributed by atoms with Crippen LogP contribution >= 0.6 is 0 Å². The molecule has 8 heteroatoms. The summed E-state index contributed by atoms with van der Waals surface area (Å²) in [5.74, 6) is 0. The number of aromatic nitrogens is 3. The molecule has 1 aromatic heterocycles. The topological polar surface area (TPSA) is 74.7 Å². The van der Waals surface area contributed by atoms with Gasteiger partial charge in [0.2, 0.25) is 0 Å². The zero-order valence-electron chi connectivity index (χ0n) is 7.49. The molecule has 0 fully saturated rings. The molecule has 0 bridgehead atoms. The van der Waals surface area contributed by atoms with Crippen LogP contribution in [-0.2, 0) is 12.7 Å². The number of aliphatic hydroxyl groups is 1. The van der Waals surface area contributed by atoms with E-state index in [0.29, 0.717) is 4.68 Å². The van der Waals surface area contributed by atoms with Gasteiger partial charge in [-0.3, -0.25) is 0 Å². The molecule has 0 atom stereocenters. The molecule has 1 heterocycles. The van der Waals surface area contributed by atoms with Crippen LogP contribution in [0.3, 0.4) is 0 Å². The van der Waals surface area contributed by atoms with Gasteiger partial charge >= 0.3 is 6.18 Å². The summed E-state index contributed by atoms with van der Waals surface area (Å²) in [5, 5.41) is 23.2. The van der Waals surface area contributed by atoms with Crippen molar-refractivity contribution in [3.05, 3.63) is 11.4 Å². The first-order valence-electron chi connectivity index (χ1n) is 4.02. The van der Waals surface area contributed by atoms with Crippen LogP contribution in [0.1, 0.15) is 17.8 Å². The summed E-state index contributed by atoms with van der Waals surface area (Å²) in [6, 6.07) is 1.32. The maximum absolute atomic E-state index is 12.4. The van der Waals surface area contributed by atoms with Crippen molar-refractivity contribution in [3.8, 4) is 6.07 Å². The van der Waals surface area contributed by atoms with E-state index in [1.54, 1.807) is 0 Å². The average Bonchev–Trinajstić information content (AvgIpc) is 2.56. The monoisotopic (exact) mass is 220 g/mol. The van der Waals surface area contributed by atoms with Gasteiger partial charge in [-0.2, -0.15) is 18.4 Å². The number of hydrogen-bond acceptors (Lipinski definition) is 4. The zero-order chi connectivity index (χ0) is 11.5. The van der Waals surface area contributed by atoms with Crippen LogP contribution in [0.4, 0.5) is 13.2 Å². The molecule has 1 aromatic rings. The molecule has 82 valence electrons. The second-order valence-corrected chi connectivity index (χ2v) is 2.70. The second kappa shape index (κ2) is 4.27. The van der Waals surface area contributed by atoms with Gasteiger partial charge in [0.15, 0.2) is 11.4 Å². The molecule has 0 aliphatic carbocycles. The Morgan fingerprint density at radius 1 is 1.47 bits per heavy atom. The van der Waals surface area contributed by atoms with Crippen LogP contribution in [0.15, 0.2) is 0 Å². The lowest BCUT2D eigenvalue weighted by Crippen LogP contribution is -2.16. The van der Waals surface area contributed by atoms with Gasteiger partial charge in [0.25, 0.3) is 0 Å². The number of alkyl halides is 3. The van der Waals surface area contributed by atoms with Crippen molar-refractivity contribution < 1.29 is 18.3 Å². The molecule has 0 aliphatic heterocycles. The summed E-state index contributed by atoms with van der Waals surface area (Å²) in [6.45, 7) is -0.376. The Kier molecular flexibility index (Phi) is 3.26. The highest BCUT2D eigenvalue weighted by Gasteiger charge is 2.39. The molecule has 0 saturated heterocycles. The highest BCUT2D eigenvalue weighted by atomic mass is 19.4. The molecular weight excluding hydrogens is 213 g/mol. The molecule has 0 aromatic carbocycles. The lowest BCUT2D eigenvalue weighted by atomic mass is 10.3. The Balaban J connectivity index is 3.08. The van der Waals surface area contributed by atoms with Gasteiger partial charge in [0, 0.05) is 13.2 Å². The third-order valence-electron chi connectivity index (χ3n) is 1.64. The Labute approximate surface area is 82.7 Å². The first-order chi connectivity index (χ1) is 7.00. The van der Waals surface area contributed by atoms with Gasteiger partial charge in [-0.1, -0.05) is 5.21 Å². The summed E-state index contributed by atoms with van der Waals surface area (Å²) in [7, 11) is 0. The molecule has 0 aliphatic rings. The van der Waals surface area contributed by atoms with E-state index in [1.165, 1.54) is 6.07 Å². The fourth-order valence-corrected chi connectivity index (χ4v) is 1.05. The lowest BCUT2D eigenvalue weighted by molar-refractivity contribution is -0.144. The maximum atomic E-state index is 12.4. The molecule has 1 N–H and O–H groups in total. The predicted octanol–water partition coefficient (Wildman–Crippen LogP) is 0.551. The fraction of sp³-hybridized carbons (Fsp3) is 0.571. The Morgan fingerprint density at radius 2 is 2.13 bits per heavy atom. The summed E-state index contributed by atoms with van der Waals surface area (Å²) in [5.41, 5.74) is -1.92. The molecule has 5 nitrogen and oxygen atoms in total. The number of nitriles is 1. The smallest absolute Gasteiger partial charge is 0.396 e. The van der Waals surface area contributed by atoms with Crippen molar-refractivity contribution in [2.45, 2.75) is 19.1 Å². The molecule has 15 heavy (non-hydrogen) atoms. The molecule has 1 rings (SSSR count). The minimum atomic E-state index is -4.66. The number of halogens is 3. The molecule has 0 unspecified atom stereocenters. The average molecular weight is 220 g/mol. The van der Waals surface area contributed by atoms with E-state index in [4.69, 9.17) is 10.4 Å². The molecule has 0 saturated carbocycles. The van der Waals surface area contributed by atoms with Gasteiger partial charge < -0.3 is 5.11 Å². The van der Waals surface area contributed by atoms with Crippen molar-refractivity contribution >= 4 is 0 Å². The summed E-state index contributed by atoms with van der Waals surface area (Å²) in [4.78, 5) is 0. The van der Waals surface area contributed by atoms with E-state index >= 15 is 0 Å². The van der Waals surface area contributed by atoms with Crippen LogP contribution in [0.5, 0.6) is 0 Å². The number of nitrogens with zero attached hydrogens (tertiary/aromatic N) is 4.